The smallest absolute Gasteiger partial charge is 0.147 e. The highest BCUT2D eigenvalue weighted by atomic mass is 79.9. The molecule has 0 heterocycles. The lowest BCUT2D eigenvalue weighted by atomic mass is 9.85. The summed E-state index contributed by atoms with van der Waals surface area (Å²) in [4.78, 5) is 0. The molecule has 15 heavy (non-hydrogen) atoms. The van der Waals surface area contributed by atoms with Gasteiger partial charge in [0, 0.05) is 17.0 Å². The third-order valence-corrected chi connectivity index (χ3v) is 2.91. The van der Waals surface area contributed by atoms with Crippen LogP contribution in [0.2, 0.25) is 0 Å². The summed E-state index contributed by atoms with van der Waals surface area (Å²) in [5.74, 6) is -3.00. The highest BCUT2D eigenvalue weighted by Gasteiger charge is 2.30. The van der Waals surface area contributed by atoms with Crippen molar-refractivity contribution in [2.75, 3.05) is 6.61 Å². The molecule has 1 aromatic carbocycles. The quantitative estimate of drug-likeness (QED) is 0.653. The second kappa shape index (κ2) is 4.14. The Morgan fingerprint density at radius 2 is 1.80 bits per heavy atom. The van der Waals surface area contributed by atoms with Crippen LogP contribution < -0.4 is 0 Å². The van der Waals surface area contributed by atoms with Crippen LogP contribution in [0, 0.1) is 17.5 Å². The summed E-state index contributed by atoms with van der Waals surface area (Å²) in [7, 11) is 0. The number of hydrogen-bond acceptors (Lipinski definition) is 1. The zero-order valence-corrected chi connectivity index (χ0v) is 9.83. The molecule has 0 radical (unpaired) electrons. The van der Waals surface area contributed by atoms with Crippen LogP contribution in [0.25, 0.3) is 0 Å². The summed E-state index contributed by atoms with van der Waals surface area (Å²) >= 11 is 2.69. The number of halogens is 4. The summed E-state index contributed by atoms with van der Waals surface area (Å²) < 4.78 is 39.4. The van der Waals surface area contributed by atoms with E-state index in [-0.39, 0.29) is 5.56 Å². The molecular formula is C10H10BrF3O. The molecule has 1 nitrogen and oxygen atoms in total. The maximum absolute atomic E-state index is 13.6. The van der Waals surface area contributed by atoms with Gasteiger partial charge in [0.25, 0.3) is 0 Å². The van der Waals surface area contributed by atoms with Crippen LogP contribution in [0.15, 0.2) is 10.5 Å². The molecule has 1 aromatic rings. The standard InChI is InChI=1S/C10H10BrF3O/c1-10(2,4-15)7-5(12)3-6(13)8(11)9(7)14/h3,15H,4H2,1-2H3. The SMILES string of the molecule is CC(C)(CO)c1c(F)cc(F)c(Br)c1F. The molecule has 0 unspecified atom stereocenters. The van der Waals surface area contributed by atoms with Gasteiger partial charge in [0.15, 0.2) is 0 Å². The number of hydrogen-bond donors (Lipinski definition) is 1. The molecule has 1 N–H and O–H groups in total. The Bertz CT molecular complexity index is 391. The van der Waals surface area contributed by atoms with Crippen LogP contribution in [0.5, 0.6) is 0 Å². The summed E-state index contributed by atoms with van der Waals surface area (Å²) in [6, 6.07) is 0.597. The Kier molecular flexibility index (Phi) is 3.45. The number of aliphatic hydroxyl groups is 1. The van der Waals surface area contributed by atoms with Gasteiger partial charge in [0.2, 0.25) is 0 Å². The van der Waals surface area contributed by atoms with E-state index in [4.69, 9.17) is 5.11 Å². The van der Waals surface area contributed by atoms with Crippen molar-refractivity contribution in [3.8, 4) is 0 Å². The Labute approximate surface area is 94.0 Å². The van der Waals surface area contributed by atoms with Crippen molar-refractivity contribution in [3.63, 3.8) is 0 Å². The Morgan fingerprint density at radius 3 is 2.27 bits per heavy atom. The van der Waals surface area contributed by atoms with Crippen molar-refractivity contribution in [2.45, 2.75) is 19.3 Å². The summed E-state index contributed by atoms with van der Waals surface area (Å²) in [5.41, 5.74) is -1.41. The molecule has 0 aliphatic heterocycles. The maximum atomic E-state index is 13.6. The van der Waals surface area contributed by atoms with Crippen LogP contribution >= 0.6 is 15.9 Å². The molecule has 0 spiro atoms. The van der Waals surface area contributed by atoms with Gasteiger partial charge in [0.1, 0.15) is 17.5 Å². The maximum Gasteiger partial charge on any atom is 0.147 e. The molecular weight excluding hydrogens is 273 g/mol. The molecule has 5 heteroatoms. The van der Waals surface area contributed by atoms with Crippen molar-refractivity contribution in [1.82, 2.24) is 0 Å². The molecule has 0 bridgehead atoms. The third kappa shape index (κ3) is 2.18. The van der Waals surface area contributed by atoms with E-state index >= 15 is 0 Å². The van der Waals surface area contributed by atoms with Crippen molar-refractivity contribution < 1.29 is 18.3 Å². The second-order valence-corrected chi connectivity index (χ2v) is 4.68. The molecule has 0 aliphatic carbocycles. The van der Waals surface area contributed by atoms with Gasteiger partial charge >= 0.3 is 0 Å². The van der Waals surface area contributed by atoms with Crippen molar-refractivity contribution in [3.05, 3.63) is 33.6 Å². The molecule has 0 saturated heterocycles. The first-order valence-electron chi connectivity index (χ1n) is 4.25. The minimum absolute atomic E-state index is 0.321. The first kappa shape index (κ1) is 12.5. The molecule has 0 aromatic heterocycles. The van der Waals surface area contributed by atoms with Gasteiger partial charge in [-0.25, -0.2) is 13.2 Å². The van der Waals surface area contributed by atoms with Crippen molar-refractivity contribution >= 4 is 15.9 Å². The minimum atomic E-state index is -1.09. The molecule has 0 saturated carbocycles. The van der Waals surface area contributed by atoms with E-state index in [0.717, 1.165) is 0 Å². The van der Waals surface area contributed by atoms with Gasteiger partial charge in [0.05, 0.1) is 11.1 Å². The van der Waals surface area contributed by atoms with Gasteiger partial charge in [-0.2, -0.15) is 0 Å². The van der Waals surface area contributed by atoms with E-state index in [9.17, 15) is 13.2 Å². The normalized spacial score (nSPS) is 11.9. The zero-order valence-electron chi connectivity index (χ0n) is 8.24. The van der Waals surface area contributed by atoms with E-state index in [1.54, 1.807) is 0 Å². The van der Waals surface area contributed by atoms with Crippen LogP contribution in [0.4, 0.5) is 13.2 Å². The van der Waals surface area contributed by atoms with Crippen LogP contribution in [-0.2, 0) is 5.41 Å². The molecule has 0 fully saturated rings. The molecule has 84 valence electrons. The van der Waals surface area contributed by atoms with E-state index in [1.807, 2.05) is 0 Å². The van der Waals surface area contributed by atoms with Crippen LogP contribution in [-0.4, -0.2) is 11.7 Å². The third-order valence-electron chi connectivity index (χ3n) is 2.19. The zero-order chi connectivity index (χ0) is 11.8. The molecule has 1 rings (SSSR count). The Balaban J connectivity index is 3.49. The summed E-state index contributed by atoms with van der Waals surface area (Å²) in [5, 5.41) is 9.01. The monoisotopic (exact) mass is 282 g/mol. The van der Waals surface area contributed by atoms with E-state index in [1.165, 1.54) is 13.8 Å². The van der Waals surface area contributed by atoms with E-state index < -0.39 is 33.9 Å². The Hall–Kier alpha value is -0.550. The minimum Gasteiger partial charge on any atom is -0.395 e. The lowest BCUT2D eigenvalue weighted by molar-refractivity contribution is 0.210. The molecule has 0 amide bonds. The lowest BCUT2D eigenvalue weighted by Gasteiger charge is -2.23. The highest BCUT2D eigenvalue weighted by Crippen LogP contribution is 2.33. The second-order valence-electron chi connectivity index (χ2n) is 3.89. The molecule has 0 atom stereocenters. The average molecular weight is 283 g/mol. The first-order chi connectivity index (χ1) is 6.81. The highest BCUT2D eigenvalue weighted by molar-refractivity contribution is 9.10. The van der Waals surface area contributed by atoms with Crippen molar-refractivity contribution in [1.29, 1.82) is 0 Å². The summed E-state index contributed by atoms with van der Waals surface area (Å²) in [6.45, 7) is 2.51. The fourth-order valence-electron chi connectivity index (χ4n) is 1.27. The van der Waals surface area contributed by atoms with Gasteiger partial charge in [-0.1, -0.05) is 13.8 Å². The largest absolute Gasteiger partial charge is 0.395 e. The van der Waals surface area contributed by atoms with Crippen molar-refractivity contribution in [2.24, 2.45) is 0 Å². The van der Waals surface area contributed by atoms with Crippen LogP contribution in [0.1, 0.15) is 19.4 Å². The van der Waals surface area contributed by atoms with Gasteiger partial charge in [-0.3, -0.25) is 0 Å². The Morgan fingerprint density at radius 1 is 1.27 bits per heavy atom. The van der Waals surface area contributed by atoms with E-state index in [0.29, 0.717) is 6.07 Å². The van der Waals surface area contributed by atoms with Gasteiger partial charge in [-0.15, -0.1) is 0 Å². The fraction of sp³-hybridized carbons (Fsp3) is 0.400. The van der Waals surface area contributed by atoms with E-state index in [2.05, 4.69) is 15.9 Å². The van der Waals surface area contributed by atoms with Crippen LogP contribution in [0.3, 0.4) is 0 Å². The average Bonchev–Trinajstić information content (AvgIpc) is 2.14. The number of benzene rings is 1. The van der Waals surface area contributed by atoms with Gasteiger partial charge in [-0.05, 0) is 15.9 Å². The summed E-state index contributed by atoms with van der Waals surface area (Å²) in [6.07, 6.45) is 0. The first-order valence-corrected chi connectivity index (χ1v) is 5.05. The topological polar surface area (TPSA) is 20.2 Å². The lowest BCUT2D eigenvalue weighted by Crippen LogP contribution is -2.25. The fourth-order valence-corrected chi connectivity index (χ4v) is 1.58. The predicted molar refractivity (Wildman–Crippen MR) is 54.1 cm³/mol. The number of rotatable bonds is 2. The van der Waals surface area contributed by atoms with Gasteiger partial charge < -0.3 is 5.11 Å². The number of aliphatic hydroxyl groups excluding tert-OH is 1. The predicted octanol–water partition coefficient (Wildman–Crippen LogP) is 3.14. The molecule has 0 aliphatic rings.